The van der Waals surface area contributed by atoms with Gasteiger partial charge in [-0.25, -0.2) is 9.18 Å². The van der Waals surface area contributed by atoms with Crippen molar-refractivity contribution in [2.24, 2.45) is 10.9 Å². The number of nitrogens with zero attached hydrogens (tertiary/aromatic N) is 5. The van der Waals surface area contributed by atoms with Crippen LogP contribution in [0.1, 0.15) is 19.7 Å². The first-order valence-corrected chi connectivity index (χ1v) is 13.3. The maximum absolute atomic E-state index is 13.0. The summed E-state index contributed by atoms with van der Waals surface area (Å²) in [6.45, 7) is 4.48. The lowest BCUT2D eigenvalue weighted by atomic mass is 10.0. The van der Waals surface area contributed by atoms with Gasteiger partial charge in [0.05, 0.1) is 19.6 Å². The number of likely N-dealkylation sites (N-methyl/N-ethyl adjacent to an activating group) is 1. The van der Waals surface area contributed by atoms with E-state index in [1.807, 2.05) is 13.8 Å². The molecule has 6 N–H and O–H groups in total. The number of thioether (sulfide) groups is 1. The average Bonchev–Trinajstić information content (AvgIpc) is 3.31. The molecule has 3 rings (SSSR count). The van der Waals surface area contributed by atoms with Gasteiger partial charge in [-0.15, -0.1) is 11.8 Å². The molecule has 1 aromatic rings. The number of oxime groups is 1. The number of halogens is 1. The van der Waals surface area contributed by atoms with Crippen molar-refractivity contribution in [2.75, 3.05) is 44.5 Å². The summed E-state index contributed by atoms with van der Waals surface area (Å²) in [5.41, 5.74) is 10.7. The van der Waals surface area contributed by atoms with E-state index >= 15 is 0 Å². The third-order valence-corrected chi connectivity index (χ3v) is 8.05. The van der Waals surface area contributed by atoms with Crippen LogP contribution in [0.4, 0.5) is 9.52 Å². The second kappa shape index (κ2) is 12.3. The molecule has 0 aromatic carbocycles. The molecule has 1 aromatic heterocycles. The number of rotatable bonds is 13. The third-order valence-electron chi connectivity index (χ3n) is 6.20. The van der Waals surface area contributed by atoms with Gasteiger partial charge in [-0.05, 0) is 25.5 Å². The van der Waals surface area contributed by atoms with Crippen LogP contribution in [-0.2, 0) is 24.0 Å². The van der Waals surface area contributed by atoms with Crippen LogP contribution in [0.3, 0.4) is 0 Å². The number of nitrogens with two attached hydrogens (primary N) is 2. The molecule has 0 saturated carbocycles. The minimum absolute atomic E-state index is 0.0369. The van der Waals surface area contributed by atoms with Crippen molar-refractivity contribution >= 4 is 57.8 Å². The van der Waals surface area contributed by atoms with Crippen LogP contribution in [0.25, 0.3) is 0 Å². The molecular weight excluding hydrogens is 543 g/mol. The minimum Gasteiger partial charge on any atom is -0.477 e. The zero-order valence-corrected chi connectivity index (χ0v) is 22.3. The number of fused-ring (bicyclic) bond motifs is 1. The van der Waals surface area contributed by atoms with Crippen molar-refractivity contribution < 1.29 is 38.0 Å². The lowest BCUT2D eigenvalue weighted by Gasteiger charge is -2.49. The Morgan fingerprint density at radius 1 is 1.37 bits per heavy atom. The van der Waals surface area contributed by atoms with Crippen molar-refractivity contribution in [2.45, 2.75) is 25.3 Å². The average molecular weight is 572 g/mol. The van der Waals surface area contributed by atoms with Crippen LogP contribution in [0.5, 0.6) is 0 Å². The third kappa shape index (κ3) is 6.11. The van der Waals surface area contributed by atoms with Crippen LogP contribution in [0, 0.1) is 0 Å². The predicted molar refractivity (Wildman–Crippen MR) is 137 cm³/mol. The highest BCUT2D eigenvalue weighted by Gasteiger charge is 2.54. The molecule has 2 atom stereocenters. The van der Waals surface area contributed by atoms with Crippen LogP contribution >= 0.6 is 23.3 Å². The molecule has 17 heteroatoms. The highest BCUT2D eigenvalue weighted by Crippen LogP contribution is 2.40. The zero-order valence-electron chi connectivity index (χ0n) is 20.6. The normalized spacial score (nSPS) is 19.8. The highest BCUT2D eigenvalue weighted by atomic mass is 32.2. The lowest BCUT2D eigenvalue weighted by Crippen LogP contribution is -2.71. The Hall–Kier alpha value is -3.57. The summed E-state index contributed by atoms with van der Waals surface area (Å²) in [7, 11) is 0. The van der Waals surface area contributed by atoms with E-state index in [0.29, 0.717) is 29.7 Å². The number of quaternary nitrogens is 1. The molecule has 0 radical (unpaired) electrons. The smallest absolute Gasteiger partial charge is 0.352 e. The number of aliphatic carboxylic acids is 1. The summed E-state index contributed by atoms with van der Waals surface area (Å²) < 4.78 is 16.7. The number of nitrogen functional groups attached to an aromatic ring is 1. The fraction of sp³-hybridized carbons (Fsp3) is 0.476. The molecular formula is C21H28FN8O6S2+. The quantitative estimate of drug-likeness (QED) is 0.102. The minimum atomic E-state index is -1.31. The van der Waals surface area contributed by atoms with Gasteiger partial charge in [0.25, 0.3) is 24.6 Å². The fourth-order valence-corrected chi connectivity index (χ4v) is 5.86. The summed E-state index contributed by atoms with van der Waals surface area (Å²) in [4.78, 5) is 58.7. The van der Waals surface area contributed by atoms with Gasteiger partial charge in [0.1, 0.15) is 17.1 Å². The Kier molecular flexibility index (Phi) is 9.40. The predicted octanol–water partition coefficient (Wildman–Crippen LogP) is -0.595. The van der Waals surface area contributed by atoms with Crippen LogP contribution < -0.4 is 16.8 Å². The fourth-order valence-electron chi connectivity index (χ4n) is 4.10. The first kappa shape index (κ1) is 29.0. The molecule has 3 heterocycles. The molecule has 38 heavy (non-hydrogen) atoms. The number of hydrogen-bond donors (Lipinski definition) is 4. The maximum Gasteiger partial charge on any atom is 0.352 e. The van der Waals surface area contributed by atoms with E-state index < -0.39 is 47.7 Å². The van der Waals surface area contributed by atoms with Gasteiger partial charge in [-0.3, -0.25) is 19.3 Å². The molecule has 2 aliphatic heterocycles. The Morgan fingerprint density at radius 3 is 2.63 bits per heavy atom. The molecule has 0 aliphatic carbocycles. The Bertz CT molecular complexity index is 1200. The number of amides is 3. The topological polar surface area (TPSA) is 203 Å². The first-order chi connectivity index (χ1) is 18.1. The second-order valence-electron chi connectivity index (χ2n) is 8.36. The number of β-lactam (4-membered cyclic amide) rings is 1. The molecule has 1 fully saturated rings. The van der Waals surface area contributed by atoms with Gasteiger partial charge in [0.2, 0.25) is 11.5 Å². The van der Waals surface area contributed by atoms with E-state index in [1.165, 1.54) is 11.8 Å². The molecule has 14 nitrogen and oxygen atoms in total. The van der Waals surface area contributed by atoms with E-state index in [9.17, 15) is 28.7 Å². The van der Waals surface area contributed by atoms with Crippen LogP contribution in [0.2, 0.25) is 0 Å². The first-order valence-electron chi connectivity index (χ1n) is 11.4. The second-order valence-corrected chi connectivity index (χ2v) is 10.2. The Morgan fingerprint density at radius 2 is 2.08 bits per heavy atom. The SMILES string of the molecule is CC[N+](CC)(C/C=C/C1=C(C(=O)O)N2C(=O)[C@@H](NC(=O)/C(=N\OCF)c3nsc(N)n3)[C@@H]2SC1)CC(N)=O. The van der Waals surface area contributed by atoms with E-state index in [0.717, 1.165) is 16.4 Å². The molecule has 3 amide bonds. The van der Waals surface area contributed by atoms with E-state index in [1.54, 1.807) is 12.2 Å². The number of carbonyl (C=O) groups is 4. The molecule has 0 unspecified atom stereocenters. The summed E-state index contributed by atoms with van der Waals surface area (Å²) in [5.74, 6) is -3.23. The van der Waals surface area contributed by atoms with Crippen molar-refractivity contribution in [3.05, 3.63) is 29.2 Å². The van der Waals surface area contributed by atoms with Crippen molar-refractivity contribution in [1.29, 1.82) is 0 Å². The number of alkyl halides is 1. The Balaban J connectivity index is 1.78. The zero-order chi connectivity index (χ0) is 28.0. The number of anilines is 1. The van der Waals surface area contributed by atoms with E-state index in [-0.39, 0.29) is 29.0 Å². The molecule has 206 valence electrons. The Labute approximate surface area is 225 Å². The molecule has 2 aliphatic rings. The number of carboxylic acids is 1. The van der Waals surface area contributed by atoms with Crippen molar-refractivity contribution in [1.82, 2.24) is 19.6 Å². The lowest BCUT2D eigenvalue weighted by molar-refractivity contribution is -0.911. The summed E-state index contributed by atoms with van der Waals surface area (Å²) >= 11 is 2.05. The molecule has 1 saturated heterocycles. The van der Waals surface area contributed by atoms with Gasteiger partial charge in [-0.2, -0.15) is 9.36 Å². The summed E-state index contributed by atoms with van der Waals surface area (Å²) in [5, 5.41) is 15.1. The number of hydrogen-bond acceptors (Lipinski definition) is 11. The number of nitrogens with one attached hydrogen (secondary N) is 1. The van der Waals surface area contributed by atoms with Gasteiger partial charge < -0.3 is 31.2 Å². The van der Waals surface area contributed by atoms with E-state index in [2.05, 4.69) is 24.7 Å². The largest absolute Gasteiger partial charge is 0.477 e. The number of primary amides is 1. The van der Waals surface area contributed by atoms with Crippen LogP contribution in [-0.4, -0.2) is 103 Å². The summed E-state index contributed by atoms with van der Waals surface area (Å²) in [6.07, 6.45) is 3.42. The number of aromatic nitrogens is 2. The monoisotopic (exact) mass is 571 g/mol. The number of allylic oxidation sites excluding steroid dienone is 1. The standard InChI is InChI=1S/C21H27FN8O6S2/c1-3-30(4-2,8-12(23)31)7-5-6-11-9-37-19-14(18(33)29(19)15(11)20(34)35)25-17(32)13(27-36-10-22)16-26-21(24)38-28-16/h5-6,14,19H,3-4,7-10H2,1-2H3,(H5-,23,24,25,26,28,31,32,34,35)/p+1/b6-5+,27-13-/t14-,19+/m1/s1. The van der Waals surface area contributed by atoms with Crippen LogP contribution in [0.15, 0.2) is 28.6 Å². The van der Waals surface area contributed by atoms with Gasteiger partial charge in [-0.1, -0.05) is 11.2 Å². The highest BCUT2D eigenvalue weighted by molar-refractivity contribution is 8.00. The maximum atomic E-state index is 13.0. The van der Waals surface area contributed by atoms with E-state index in [4.69, 9.17) is 11.5 Å². The summed E-state index contributed by atoms with van der Waals surface area (Å²) in [6, 6.07) is -1.07. The number of carbonyl (C=O) groups excluding carboxylic acids is 3. The molecule has 0 bridgehead atoms. The van der Waals surface area contributed by atoms with Crippen molar-refractivity contribution in [3.8, 4) is 0 Å². The molecule has 0 spiro atoms. The number of carboxylic acid groups (broad SMARTS) is 1. The van der Waals surface area contributed by atoms with Gasteiger partial charge in [0.15, 0.2) is 11.7 Å². The van der Waals surface area contributed by atoms with Gasteiger partial charge in [0, 0.05) is 17.3 Å². The van der Waals surface area contributed by atoms with Crippen molar-refractivity contribution in [3.63, 3.8) is 0 Å². The van der Waals surface area contributed by atoms with Gasteiger partial charge >= 0.3 is 5.97 Å².